The molecular weight excluding hydrogens is 487 g/mol. The molecule has 1 aliphatic rings. The van der Waals surface area contributed by atoms with Crippen molar-refractivity contribution >= 4 is 40.8 Å². The van der Waals surface area contributed by atoms with Crippen LogP contribution in [0.2, 0.25) is 5.02 Å². The second-order valence-corrected chi connectivity index (χ2v) is 9.92. The summed E-state index contributed by atoms with van der Waals surface area (Å²) in [6.45, 7) is 5.44. The number of ether oxygens (including phenoxy) is 1. The highest BCUT2D eigenvalue weighted by Crippen LogP contribution is 2.34. The highest BCUT2D eigenvalue weighted by Gasteiger charge is 2.23. The van der Waals surface area contributed by atoms with Crippen molar-refractivity contribution in [1.29, 1.82) is 5.41 Å². The number of anilines is 2. The van der Waals surface area contributed by atoms with Gasteiger partial charge in [-0.05, 0) is 81.6 Å². The third kappa shape index (κ3) is 6.04. The zero-order chi connectivity index (χ0) is 25.1. The minimum atomic E-state index is -0.294. The van der Waals surface area contributed by atoms with Gasteiger partial charge in [0.05, 0.1) is 16.3 Å². The highest BCUT2D eigenvalue weighted by molar-refractivity contribution is 8.00. The van der Waals surface area contributed by atoms with E-state index in [4.69, 9.17) is 27.5 Å². The van der Waals surface area contributed by atoms with Gasteiger partial charge in [0.1, 0.15) is 17.7 Å². The van der Waals surface area contributed by atoms with Crippen LogP contribution >= 0.6 is 23.5 Å². The number of aromatic nitrogens is 2. The fourth-order valence-corrected chi connectivity index (χ4v) is 4.90. The van der Waals surface area contributed by atoms with E-state index in [2.05, 4.69) is 26.6 Å². The van der Waals surface area contributed by atoms with Crippen molar-refractivity contribution in [3.63, 3.8) is 0 Å². The average Bonchev–Trinajstić information content (AvgIpc) is 2.81. The fraction of sp³-hybridized carbons (Fsp3) is 0.320. The predicted molar refractivity (Wildman–Crippen MR) is 141 cm³/mol. The number of rotatable bonds is 7. The van der Waals surface area contributed by atoms with Gasteiger partial charge in [-0.1, -0.05) is 17.7 Å². The lowest BCUT2D eigenvalue weighted by atomic mass is 10.1. The predicted octanol–water partition coefficient (Wildman–Crippen LogP) is 5.81. The zero-order valence-corrected chi connectivity index (χ0v) is 21.4. The van der Waals surface area contributed by atoms with E-state index in [9.17, 15) is 4.39 Å². The summed E-state index contributed by atoms with van der Waals surface area (Å²) >= 11 is 7.83. The van der Waals surface area contributed by atoms with E-state index in [-0.39, 0.29) is 23.5 Å². The molecule has 0 saturated carbocycles. The van der Waals surface area contributed by atoms with Crippen LogP contribution in [0.5, 0.6) is 5.88 Å². The Kier molecular flexibility index (Phi) is 7.78. The monoisotopic (exact) mass is 514 g/mol. The Labute approximate surface area is 213 Å². The topological polar surface area (TPSA) is 100 Å². The molecule has 0 bridgehead atoms. The second-order valence-electron chi connectivity index (χ2n) is 8.67. The second kappa shape index (κ2) is 10.8. The molecule has 10 heteroatoms. The Hall–Kier alpha value is -2.88. The van der Waals surface area contributed by atoms with Gasteiger partial charge in [-0.15, -0.1) is 0 Å². The van der Waals surface area contributed by atoms with Crippen LogP contribution in [0.3, 0.4) is 0 Å². The summed E-state index contributed by atoms with van der Waals surface area (Å²) in [6, 6.07) is 10.0. The maximum Gasteiger partial charge on any atom is 0.228 e. The number of nitrogens with zero attached hydrogens (tertiary/aromatic N) is 3. The number of nitrogen functional groups attached to an aromatic ring is 1. The van der Waals surface area contributed by atoms with E-state index >= 15 is 0 Å². The third-order valence-corrected chi connectivity index (χ3v) is 7.17. The van der Waals surface area contributed by atoms with E-state index in [1.807, 2.05) is 19.1 Å². The molecule has 2 heterocycles. The Morgan fingerprint density at radius 3 is 2.66 bits per heavy atom. The van der Waals surface area contributed by atoms with Gasteiger partial charge in [-0.2, -0.15) is 4.98 Å². The van der Waals surface area contributed by atoms with Gasteiger partial charge in [0.15, 0.2) is 5.82 Å². The Bertz CT molecular complexity index is 1250. The molecule has 1 aliphatic heterocycles. The lowest BCUT2D eigenvalue weighted by Gasteiger charge is -2.29. The first-order chi connectivity index (χ1) is 16.7. The number of piperidine rings is 1. The molecule has 184 valence electrons. The third-order valence-electron chi connectivity index (χ3n) is 5.87. The molecule has 7 nitrogen and oxygen atoms in total. The van der Waals surface area contributed by atoms with Gasteiger partial charge in [0.2, 0.25) is 5.88 Å². The van der Waals surface area contributed by atoms with Gasteiger partial charge in [-0.25, -0.2) is 9.37 Å². The summed E-state index contributed by atoms with van der Waals surface area (Å²) in [4.78, 5) is 12.1. The quantitative estimate of drug-likeness (QED) is 0.270. The molecule has 0 amide bonds. The number of aryl methyl sites for hydroxylation is 1. The molecular formula is C25H28ClFN6OS. The van der Waals surface area contributed by atoms with Gasteiger partial charge < -0.3 is 25.5 Å². The first kappa shape index (κ1) is 25.2. The number of nitrogens with two attached hydrogens (primary N) is 1. The van der Waals surface area contributed by atoms with Gasteiger partial charge in [0, 0.05) is 29.3 Å². The first-order valence-corrected chi connectivity index (χ1v) is 12.5. The molecule has 0 aliphatic carbocycles. The number of nitrogens with one attached hydrogen (secondary N) is 2. The van der Waals surface area contributed by atoms with Crippen LogP contribution in [0.4, 0.5) is 15.9 Å². The molecule has 1 saturated heterocycles. The number of hydrogen-bond acceptors (Lipinski definition) is 8. The van der Waals surface area contributed by atoms with Crippen LogP contribution in [0.15, 0.2) is 41.3 Å². The molecule has 1 aromatic heterocycles. The van der Waals surface area contributed by atoms with E-state index in [1.54, 1.807) is 19.1 Å². The van der Waals surface area contributed by atoms with E-state index in [0.29, 0.717) is 33.5 Å². The summed E-state index contributed by atoms with van der Waals surface area (Å²) < 4.78 is 23.0. The van der Waals surface area contributed by atoms with Crippen LogP contribution in [0.1, 0.15) is 30.9 Å². The summed E-state index contributed by atoms with van der Waals surface area (Å²) in [7, 11) is 2.09. The maximum atomic E-state index is 13.6. The molecule has 4 rings (SSSR count). The van der Waals surface area contributed by atoms with Crippen molar-refractivity contribution in [1.82, 2.24) is 14.9 Å². The summed E-state index contributed by atoms with van der Waals surface area (Å²) in [5.41, 5.74) is 9.20. The molecule has 35 heavy (non-hydrogen) atoms. The number of halogens is 2. The molecule has 4 N–H and O–H groups in total. The summed E-state index contributed by atoms with van der Waals surface area (Å²) in [6.07, 6.45) is 1.76. The number of hydrogen-bond donors (Lipinski definition) is 3. The minimum Gasteiger partial charge on any atom is -0.474 e. The van der Waals surface area contributed by atoms with E-state index in [1.165, 1.54) is 24.1 Å². The minimum absolute atomic E-state index is 0.00455. The molecule has 0 spiro atoms. The molecule has 2 aromatic carbocycles. The van der Waals surface area contributed by atoms with Crippen molar-refractivity contribution in [2.45, 2.75) is 37.7 Å². The largest absolute Gasteiger partial charge is 0.474 e. The average molecular weight is 515 g/mol. The molecule has 3 aromatic rings. The number of benzene rings is 2. The van der Waals surface area contributed by atoms with Crippen molar-refractivity contribution in [3.8, 4) is 17.3 Å². The van der Waals surface area contributed by atoms with Gasteiger partial charge in [0.25, 0.3) is 0 Å². The van der Waals surface area contributed by atoms with Crippen LogP contribution in [0.25, 0.3) is 11.4 Å². The normalized spacial score (nSPS) is 14.7. The Balaban J connectivity index is 1.58. The fourth-order valence-electron chi connectivity index (χ4n) is 3.81. The highest BCUT2D eigenvalue weighted by atomic mass is 35.5. The van der Waals surface area contributed by atoms with Crippen LogP contribution in [-0.2, 0) is 0 Å². The van der Waals surface area contributed by atoms with Gasteiger partial charge >= 0.3 is 0 Å². The molecule has 0 radical (unpaired) electrons. The van der Waals surface area contributed by atoms with Gasteiger partial charge in [-0.3, -0.25) is 0 Å². The maximum absolute atomic E-state index is 13.6. The Morgan fingerprint density at radius 2 is 1.97 bits per heavy atom. The van der Waals surface area contributed by atoms with Crippen molar-refractivity contribution in [3.05, 3.63) is 58.4 Å². The smallest absolute Gasteiger partial charge is 0.228 e. The zero-order valence-electron chi connectivity index (χ0n) is 19.9. The molecule has 0 atom stereocenters. The standard InChI is InChI=1S/C25H28ClFN6OS/c1-14-4-6-17(27)13-21(14)35-32-20-7-5-16(12-19(20)26)24-30-23(29)22(15(2)28)25(31-24)34-18-8-10-33(3)11-9-18/h4-7,12-13,18,28,32H,8-11H2,1-3H3,(H2,29,30,31). The Morgan fingerprint density at radius 1 is 1.23 bits per heavy atom. The molecule has 0 unspecified atom stereocenters. The summed E-state index contributed by atoms with van der Waals surface area (Å²) in [5, 5.41) is 8.60. The van der Waals surface area contributed by atoms with Crippen molar-refractivity contribution in [2.24, 2.45) is 0 Å². The van der Waals surface area contributed by atoms with Crippen LogP contribution in [-0.4, -0.2) is 46.8 Å². The SMILES string of the molecule is CC(=N)c1c(N)nc(-c2ccc(NSc3cc(F)ccc3C)c(Cl)c2)nc1OC1CCN(C)CC1. The molecule has 1 fully saturated rings. The summed E-state index contributed by atoms with van der Waals surface area (Å²) in [5.74, 6) is 0.598. The lowest BCUT2D eigenvalue weighted by Crippen LogP contribution is -2.36. The van der Waals surface area contributed by atoms with E-state index < -0.39 is 0 Å². The lowest BCUT2D eigenvalue weighted by molar-refractivity contribution is 0.110. The van der Waals surface area contributed by atoms with Crippen molar-refractivity contribution in [2.75, 3.05) is 30.6 Å². The van der Waals surface area contributed by atoms with Crippen molar-refractivity contribution < 1.29 is 9.13 Å². The van der Waals surface area contributed by atoms with E-state index in [0.717, 1.165) is 36.4 Å². The first-order valence-electron chi connectivity index (χ1n) is 11.3. The van der Waals surface area contributed by atoms with Crippen LogP contribution in [0, 0.1) is 18.2 Å². The number of likely N-dealkylation sites (tertiary alicyclic amines) is 1. The van der Waals surface area contributed by atoms with Crippen LogP contribution < -0.4 is 15.2 Å².